The number of nitrogens with two attached hydrogens (primary N) is 2. The molecule has 114 valence electrons. The Morgan fingerprint density at radius 3 is 2.48 bits per heavy atom. The van der Waals surface area contributed by atoms with Crippen LogP contribution in [0.5, 0.6) is 0 Å². The van der Waals surface area contributed by atoms with E-state index in [0.717, 1.165) is 31.2 Å². The first kappa shape index (κ1) is 15.5. The summed E-state index contributed by atoms with van der Waals surface area (Å²) in [7, 11) is 1.81. The van der Waals surface area contributed by atoms with Crippen molar-refractivity contribution in [1.82, 2.24) is 4.90 Å². The number of hydrogen-bond acceptors (Lipinski definition) is 3. The third-order valence-electron chi connectivity index (χ3n) is 4.10. The molecule has 0 saturated heterocycles. The average molecular weight is 289 g/mol. The van der Waals surface area contributed by atoms with E-state index in [4.69, 9.17) is 11.5 Å². The van der Waals surface area contributed by atoms with Crippen molar-refractivity contribution in [2.75, 3.05) is 7.05 Å². The second kappa shape index (κ2) is 6.72. The molecule has 1 aromatic rings. The highest BCUT2D eigenvalue weighted by atomic mass is 16.2. The normalized spacial score (nSPS) is 21.8. The van der Waals surface area contributed by atoms with E-state index < -0.39 is 5.91 Å². The lowest BCUT2D eigenvalue weighted by molar-refractivity contribution is -0.135. The molecule has 1 aromatic carbocycles. The summed E-state index contributed by atoms with van der Waals surface area (Å²) in [4.78, 5) is 25.2. The lowest BCUT2D eigenvalue weighted by Gasteiger charge is -2.29. The van der Waals surface area contributed by atoms with E-state index in [9.17, 15) is 9.59 Å². The van der Waals surface area contributed by atoms with Gasteiger partial charge in [-0.25, -0.2) is 0 Å². The Kier molecular flexibility index (Phi) is 4.96. The number of benzene rings is 1. The van der Waals surface area contributed by atoms with Gasteiger partial charge >= 0.3 is 0 Å². The van der Waals surface area contributed by atoms with Gasteiger partial charge in [-0.2, -0.15) is 0 Å². The van der Waals surface area contributed by atoms with Gasteiger partial charge in [-0.05, 0) is 37.0 Å². The average Bonchev–Trinajstić information content (AvgIpc) is 2.47. The van der Waals surface area contributed by atoms with E-state index in [0.29, 0.717) is 12.1 Å². The highest BCUT2D eigenvalue weighted by Gasteiger charge is 2.27. The second-order valence-corrected chi connectivity index (χ2v) is 5.88. The Balaban J connectivity index is 1.95. The predicted molar refractivity (Wildman–Crippen MR) is 81.4 cm³/mol. The fourth-order valence-electron chi connectivity index (χ4n) is 2.89. The monoisotopic (exact) mass is 289 g/mol. The molecule has 0 bridgehead atoms. The van der Waals surface area contributed by atoms with Crippen LogP contribution in [0.3, 0.4) is 0 Å². The summed E-state index contributed by atoms with van der Waals surface area (Å²) in [5.41, 5.74) is 12.6. The maximum absolute atomic E-state index is 12.4. The minimum Gasteiger partial charge on any atom is -0.366 e. The van der Waals surface area contributed by atoms with Gasteiger partial charge in [0.15, 0.2) is 0 Å². The molecule has 1 fully saturated rings. The third-order valence-corrected chi connectivity index (χ3v) is 4.10. The standard InChI is InChI=1S/C16H23N3O2/c1-19(16(21)13-3-2-4-14(17)9-13)10-11-5-7-12(8-6-11)15(18)20/h5-8,13-14H,2-4,9-10,17H2,1H3,(H2,18,20). The predicted octanol–water partition coefficient (Wildman–Crippen LogP) is 1.26. The number of amides is 2. The first-order valence-corrected chi connectivity index (χ1v) is 7.36. The van der Waals surface area contributed by atoms with Crippen LogP contribution in [0.25, 0.3) is 0 Å². The van der Waals surface area contributed by atoms with Gasteiger partial charge in [0.05, 0.1) is 0 Å². The van der Waals surface area contributed by atoms with E-state index in [1.165, 1.54) is 0 Å². The Morgan fingerprint density at radius 1 is 1.24 bits per heavy atom. The quantitative estimate of drug-likeness (QED) is 0.874. The Bertz CT molecular complexity index is 513. The number of carbonyl (C=O) groups excluding carboxylic acids is 2. The highest BCUT2D eigenvalue weighted by molar-refractivity contribution is 5.92. The van der Waals surface area contributed by atoms with Crippen LogP contribution < -0.4 is 11.5 Å². The van der Waals surface area contributed by atoms with Crippen molar-refractivity contribution in [1.29, 1.82) is 0 Å². The molecular weight excluding hydrogens is 266 g/mol. The van der Waals surface area contributed by atoms with Crippen molar-refractivity contribution in [3.63, 3.8) is 0 Å². The zero-order chi connectivity index (χ0) is 15.4. The van der Waals surface area contributed by atoms with Gasteiger partial charge in [-0.3, -0.25) is 9.59 Å². The molecule has 0 radical (unpaired) electrons. The van der Waals surface area contributed by atoms with Gasteiger partial charge in [0.2, 0.25) is 11.8 Å². The third kappa shape index (κ3) is 4.04. The Morgan fingerprint density at radius 2 is 1.90 bits per heavy atom. The number of primary amides is 1. The highest BCUT2D eigenvalue weighted by Crippen LogP contribution is 2.25. The van der Waals surface area contributed by atoms with Crippen LogP contribution >= 0.6 is 0 Å². The molecule has 1 aliphatic rings. The van der Waals surface area contributed by atoms with Crippen molar-refractivity contribution < 1.29 is 9.59 Å². The molecular formula is C16H23N3O2. The minimum absolute atomic E-state index is 0.0450. The van der Waals surface area contributed by atoms with Crippen LogP contribution in [-0.4, -0.2) is 29.8 Å². The van der Waals surface area contributed by atoms with E-state index in [1.54, 1.807) is 17.0 Å². The number of nitrogens with zero attached hydrogens (tertiary/aromatic N) is 1. The number of carbonyl (C=O) groups is 2. The second-order valence-electron chi connectivity index (χ2n) is 5.88. The van der Waals surface area contributed by atoms with Crippen LogP contribution in [-0.2, 0) is 11.3 Å². The molecule has 0 aromatic heterocycles. The molecule has 0 heterocycles. The topological polar surface area (TPSA) is 89.4 Å². The molecule has 2 rings (SSSR count). The van der Waals surface area contributed by atoms with Gasteiger partial charge in [-0.1, -0.05) is 18.6 Å². The largest absolute Gasteiger partial charge is 0.366 e. The molecule has 1 saturated carbocycles. The number of rotatable bonds is 4. The van der Waals surface area contributed by atoms with Crippen molar-refractivity contribution >= 4 is 11.8 Å². The lowest BCUT2D eigenvalue weighted by Crippen LogP contribution is -2.38. The summed E-state index contributed by atoms with van der Waals surface area (Å²) in [6.07, 6.45) is 3.75. The molecule has 0 aliphatic heterocycles. The molecule has 2 atom stereocenters. The summed E-state index contributed by atoms with van der Waals surface area (Å²) in [6, 6.07) is 7.18. The van der Waals surface area contributed by atoms with Crippen molar-refractivity contribution in [3.8, 4) is 0 Å². The zero-order valence-electron chi connectivity index (χ0n) is 12.4. The van der Waals surface area contributed by atoms with Gasteiger partial charge < -0.3 is 16.4 Å². The van der Waals surface area contributed by atoms with Gasteiger partial charge in [0.1, 0.15) is 0 Å². The fourth-order valence-corrected chi connectivity index (χ4v) is 2.89. The molecule has 0 spiro atoms. The summed E-state index contributed by atoms with van der Waals surface area (Å²) in [6.45, 7) is 0.531. The lowest BCUT2D eigenvalue weighted by atomic mass is 9.85. The fraction of sp³-hybridized carbons (Fsp3) is 0.500. The van der Waals surface area contributed by atoms with Crippen LogP contribution in [0.15, 0.2) is 24.3 Å². The summed E-state index contributed by atoms with van der Waals surface area (Å²) in [5, 5.41) is 0. The SMILES string of the molecule is CN(Cc1ccc(C(N)=O)cc1)C(=O)C1CCCC(N)C1. The van der Waals surface area contributed by atoms with Gasteiger partial charge in [0.25, 0.3) is 0 Å². The summed E-state index contributed by atoms with van der Waals surface area (Å²) >= 11 is 0. The van der Waals surface area contributed by atoms with Gasteiger partial charge in [0, 0.05) is 31.1 Å². The maximum Gasteiger partial charge on any atom is 0.248 e. The number of hydrogen-bond donors (Lipinski definition) is 2. The molecule has 1 aliphatic carbocycles. The Labute approximate surface area is 125 Å². The molecule has 5 heteroatoms. The van der Waals surface area contributed by atoms with Crippen LogP contribution in [0.2, 0.25) is 0 Å². The van der Waals surface area contributed by atoms with Crippen molar-refractivity contribution in [3.05, 3.63) is 35.4 Å². The van der Waals surface area contributed by atoms with E-state index in [1.807, 2.05) is 19.2 Å². The molecule has 21 heavy (non-hydrogen) atoms. The van der Waals surface area contributed by atoms with Crippen LogP contribution in [0.4, 0.5) is 0 Å². The smallest absolute Gasteiger partial charge is 0.248 e. The maximum atomic E-state index is 12.4. The van der Waals surface area contributed by atoms with Crippen molar-refractivity contribution in [2.45, 2.75) is 38.3 Å². The van der Waals surface area contributed by atoms with E-state index >= 15 is 0 Å². The molecule has 2 amide bonds. The Hall–Kier alpha value is -1.88. The van der Waals surface area contributed by atoms with Crippen LogP contribution in [0, 0.1) is 5.92 Å². The van der Waals surface area contributed by atoms with Crippen LogP contribution in [0.1, 0.15) is 41.6 Å². The zero-order valence-corrected chi connectivity index (χ0v) is 12.4. The van der Waals surface area contributed by atoms with E-state index in [2.05, 4.69) is 0 Å². The first-order chi connectivity index (χ1) is 9.97. The van der Waals surface area contributed by atoms with Gasteiger partial charge in [-0.15, -0.1) is 0 Å². The molecule has 2 unspecified atom stereocenters. The van der Waals surface area contributed by atoms with Crippen molar-refractivity contribution in [2.24, 2.45) is 17.4 Å². The molecule has 5 nitrogen and oxygen atoms in total. The van der Waals surface area contributed by atoms with E-state index in [-0.39, 0.29) is 17.9 Å². The summed E-state index contributed by atoms with van der Waals surface area (Å²) < 4.78 is 0. The minimum atomic E-state index is -0.442. The first-order valence-electron chi connectivity index (χ1n) is 7.36. The molecule has 4 N–H and O–H groups in total. The summed E-state index contributed by atoms with van der Waals surface area (Å²) in [5.74, 6) is -0.241.